The Morgan fingerprint density at radius 1 is 0.882 bits per heavy atom. The lowest BCUT2D eigenvalue weighted by Gasteiger charge is -2.03. The van der Waals surface area contributed by atoms with Gasteiger partial charge in [-0.05, 0) is 12.3 Å². The van der Waals surface area contributed by atoms with Crippen LogP contribution in [0.15, 0.2) is 0 Å². The first kappa shape index (κ1) is 16.7. The van der Waals surface area contributed by atoms with Crippen molar-refractivity contribution in [3.8, 4) is 0 Å². The Kier molecular flexibility index (Phi) is 11.9. The molecule has 0 amide bonds. The zero-order chi connectivity index (χ0) is 12.9. The summed E-state index contributed by atoms with van der Waals surface area (Å²) < 4.78 is 0. The highest BCUT2D eigenvalue weighted by atomic mass is 16.1. The average Bonchev–Trinajstić information content (AvgIpc) is 2.26. The predicted molar refractivity (Wildman–Crippen MR) is 76.0 cm³/mol. The summed E-state index contributed by atoms with van der Waals surface area (Å²) in [6, 6.07) is 0. The first-order valence-electron chi connectivity index (χ1n) is 7.54. The van der Waals surface area contributed by atoms with Gasteiger partial charge in [-0.2, -0.15) is 0 Å². The number of carbonyl (C=O) groups excluding carboxylic acids is 1. The van der Waals surface area contributed by atoms with Crippen LogP contribution >= 0.6 is 0 Å². The number of unbranched alkanes of at least 4 members (excludes halogenated alkanes) is 8. The second-order valence-corrected chi connectivity index (χ2v) is 5.46. The molecule has 0 saturated carbocycles. The Morgan fingerprint density at radius 2 is 1.35 bits per heavy atom. The fourth-order valence-electron chi connectivity index (χ4n) is 2.07. The van der Waals surface area contributed by atoms with E-state index in [0.29, 0.717) is 11.7 Å². The molecule has 17 heavy (non-hydrogen) atoms. The summed E-state index contributed by atoms with van der Waals surface area (Å²) in [6.07, 6.45) is 14.5. The Bertz CT molecular complexity index is 172. The van der Waals surface area contributed by atoms with E-state index in [-0.39, 0.29) is 0 Å². The number of carbonyl (C=O) groups is 1. The van der Waals surface area contributed by atoms with Crippen LogP contribution in [0, 0.1) is 12.3 Å². The summed E-state index contributed by atoms with van der Waals surface area (Å²) in [5.41, 5.74) is 0. The minimum Gasteiger partial charge on any atom is -0.299 e. The lowest BCUT2D eigenvalue weighted by atomic mass is 10.0. The third-order valence-corrected chi connectivity index (χ3v) is 3.05. The van der Waals surface area contributed by atoms with E-state index in [9.17, 15) is 4.79 Å². The molecule has 0 aromatic heterocycles. The maximum absolute atomic E-state index is 11.4. The van der Waals surface area contributed by atoms with Gasteiger partial charge in [0.05, 0.1) is 0 Å². The van der Waals surface area contributed by atoms with Gasteiger partial charge in [0.15, 0.2) is 0 Å². The van der Waals surface area contributed by atoms with Gasteiger partial charge < -0.3 is 0 Å². The number of rotatable bonds is 12. The van der Waals surface area contributed by atoms with Gasteiger partial charge in [-0.25, -0.2) is 0 Å². The average molecular weight is 239 g/mol. The summed E-state index contributed by atoms with van der Waals surface area (Å²) >= 11 is 0. The lowest BCUT2D eigenvalue weighted by molar-refractivity contribution is -0.116. The van der Waals surface area contributed by atoms with Gasteiger partial charge in [0.2, 0.25) is 0 Å². The molecule has 1 heteroatoms. The smallest absolute Gasteiger partial charge is 0.136 e. The molecule has 0 aromatic carbocycles. The molecular weight excluding hydrogens is 208 g/mol. The van der Waals surface area contributed by atoms with E-state index < -0.39 is 0 Å². The summed E-state index contributed by atoms with van der Waals surface area (Å²) in [4.78, 5) is 11.4. The van der Waals surface area contributed by atoms with Crippen molar-refractivity contribution in [3.05, 3.63) is 6.42 Å². The zero-order valence-electron chi connectivity index (χ0n) is 12.1. The molecule has 0 bridgehead atoms. The van der Waals surface area contributed by atoms with Gasteiger partial charge in [0.1, 0.15) is 5.78 Å². The Balaban J connectivity index is 3.10. The fraction of sp³-hybridized carbons (Fsp3) is 0.875. The third kappa shape index (κ3) is 13.6. The van der Waals surface area contributed by atoms with Crippen LogP contribution in [-0.2, 0) is 4.79 Å². The van der Waals surface area contributed by atoms with E-state index in [1.807, 2.05) is 6.42 Å². The maximum Gasteiger partial charge on any atom is 0.136 e. The molecule has 0 spiro atoms. The van der Waals surface area contributed by atoms with Crippen molar-refractivity contribution in [2.45, 2.75) is 85.0 Å². The summed E-state index contributed by atoms with van der Waals surface area (Å²) in [7, 11) is 0. The Labute approximate surface area is 108 Å². The molecule has 0 unspecified atom stereocenters. The highest BCUT2D eigenvalue weighted by Gasteiger charge is 2.04. The van der Waals surface area contributed by atoms with Crippen molar-refractivity contribution in [2.75, 3.05) is 0 Å². The molecule has 1 radical (unpaired) electrons. The van der Waals surface area contributed by atoms with E-state index in [2.05, 4.69) is 20.8 Å². The SMILES string of the molecule is CCCCCCCCCCCC(=O)[CH]C(C)C. The van der Waals surface area contributed by atoms with Gasteiger partial charge in [-0.1, -0.05) is 72.1 Å². The summed E-state index contributed by atoms with van der Waals surface area (Å²) in [5.74, 6) is 0.740. The molecule has 0 fully saturated rings. The van der Waals surface area contributed by atoms with Crippen LogP contribution in [0.5, 0.6) is 0 Å². The van der Waals surface area contributed by atoms with Crippen molar-refractivity contribution in [2.24, 2.45) is 5.92 Å². The highest BCUT2D eigenvalue weighted by Crippen LogP contribution is 2.11. The van der Waals surface area contributed by atoms with Crippen LogP contribution in [0.4, 0.5) is 0 Å². The van der Waals surface area contributed by atoms with Crippen molar-refractivity contribution in [1.82, 2.24) is 0 Å². The first-order valence-corrected chi connectivity index (χ1v) is 7.54. The van der Waals surface area contributed by atoms with Crippen LogP contribution in [-0.4, -0.2) is 5.78 Å². The van der Waals surface area contributed by atoms with Crippen LogP contribution < -0.4 is 0 Å². The molecule has 0 aromatic rings. The minimum atomic E-state index is 0.336. The molecule has 0 aliphatic heterocycles. The van der Waals surface area contributed by atoms with Crippen molar-refractivity contribution in [3.63, 3.8) is 0 Å². The van der Waals surface area contributed by atoms with Gasteiger partial charge in [0, 0.05) is 12.8 Å². The van der Waals surface area contributed by atoms with E-state index in [4.69, 9.17) is 0 Å². The molecule has 101 valence electrons. The molecule has 0 aliphatic rings. The van der Waals surface area contributed by atoms with Gasteiger partial charge in [-0.15, -0.1) is 0 Å². The predicted octanol–water partition coefficient (Wildman–Crippen LogP) is 5.34. The fourth-order valence-corrected chi connectivity index (χ4v) is 2.07. The number of hydrogen-bond donors (Lipinski definition) is 0. The topological polar surface area (TPSA) is 17.1 Å². The molecule has 0 N–H and O–H groups in total. The van der Waals surface area contributed by atoms with Crippen LogP contribution in [0.3, 0.4) is 0 Å². The number of hydrogen-bond acceptors (Lipinski definition) is 1. The van der Waals surface area contributed by atoms with Crippen molar-refractivity contribution >= 4 is 5.78 Å². The normalized spacial score (nSPS) is 11.1. The van der Waals surface area contributed by atoms with Gasteiger partial charge in [-0.3, -0.25) is 4.79 Å². The zero-order valence-corrected chi connectivity index (χ0v) is 12.1. The van der Waals surface area contributed by atoms with E-state index in [0.717, 1.165) is 12.8 Å². The molecule has 0 rings (SSSR count). The van der Waals surface area contributed by atoms with Crippen LogP contribution in [0.25, 0.3) is 0 Å². The summed E-state index contributed by atoms with van der Waals surface area (Å²) in [6.45, 7) is 6.38. The standard InChI is InChI=1S/C16H31O/c1-4-5-6-7-8-9-10-11-12-13-16(17)14-15(2)3/h14-15H,4-13H2,1-3H3. The van der Waals surface area contributed by atoms with Crippen molar-refractivity contribution in [1.29, 1.82) is 0 Å². The second-order valence-electron chi connectivity index (χ2n) is 5.46. The first-order chi connectivity index (χ1) is 8.16. The number of Topliss-reactive ketones (excluding diaryl/α,β-unsaturated/α-hetero) is 1. The highest BCUT2D eigenvalue weighted by molar-refractivity contribution is 5.86. The lowest BCUT2D eigenvalue weighted by Crippen LogP contribution is -2.03. The molecular formula is C16H31O. The largest absolute Gasteiger partial charge is 0.299 e. The Hall–Kier alpha value is -0.330. The van der Waals surface area contributed by atoms with E-state index in [1.165, 1.54) is 51.4 Å². The van der Waals surface area contributed by atoms with Gasteiger partial charge in [0.25, 0.3) is 0 Å². The van der Waals surface area contributed by atoms with E-state index >= 15 is 0 Å². The van der Waals surface area contributed by atoms with Crippen molar-refractivity contribution < 1.29 is 4.79 Å². The molecule has 0 heterocycles. The van der Waals surface area contributed by atoms with Gasteiger partial charge >= 0.3 is 0 Å². The molecule has 0 saturated heterocycles. The molecule has 0 aliphatic carbocycles. The number of ketones is 1. The second kappa shape index (κ2) is 12.1. The summed E-state index contributed by atoms with van der Waals surface area (Å²) in [5, 5.41) is 0. The third-order valence-electron chi connectivity index (χ3n) is 3.05. The monoisotopic (exact) mass is 239 g/mol. The molecule has 1 nitrogen and oxygen atoms in total. The quantitative estimate of drug-likeness (QED) is 0.420. The van der Waals surface area contributed by atoms with E-state index in [1.54, 1.807) is 0 Å². The minimum absolute atomic E-state index is 0.336. The Morgan fingerprint density at radius 3 is 1.82 bits per heavy atom. The maximum atomic E-state index is 11.4. The van der Waals surface area contributed by atoms with Crippen LogP contribution in [0.2, 0.25) is 0 Å². The van der Waals surface area contributed by atoms with Crippen LogP contribution in [0.1, 0.15) is 85.0 Å². The molecule has 0 atom stereocenters.